The van der Waals surface area contributed by atoms with Crippen LogP contribution in [-0.4, -0.2) is 0 Å². The number of hydrogen-bond donors (Lipinski definition) is 0. The van der Waals surface area contributed by atoms with Crippen LogP contribution in [-0.2, 0) is 6.61 Å². The van der Waals surface area contributed by atoms with Gasteiger partial charge in [-0.1, -0.05) is 23.8 Å². The maximum absolute atomic E-state index is 5.62. The van der Waals surface area contributed by atoms with Crippen LogP contribution in [0.5, 0.6) is 5.75 Å². The molecule has 2 aromatic rings. The SMILES string of the molecule is Cc1ccc(OCc2cccs2)cc1. The minimum absolute atomic E-state index is 0.667. The summed E-state index contributed by atoms with van der Waals surface area (Å²) in [5.74, 6) is 0.934. The smallest absolute Gasteiger partial charge is 0.122 e. The molecule has 1 aromatic heterocycles. The van der Waals surface area contributed by atoms with E-state index >= 15 is 0 Å². The van der Waals surface area contributed by atoms with Gasteiger partial charge in [0, 0.05) is 4.88 Å². The molecule has 0 bridgehead atoms. The van der Waals surface area contributed by atoms with Crippen molar-refractivity contribution in [1.82, 2.24) is 0 Å². The summed E-state index contributed by atoms with van der Waals surface area (Å²) < 4.78 is 5.62. The Morgan fingerprint density at radius 2 is 1.93 bits per heavy atom. The fraction of sp³-hybridized carbons (Fsp3) is 0.167. The van der Waals surface area contributed by atoms with Gasteiger partial charge in [-0.05, 0) is 30.5 Å². The zero-order chi connectivity index (χ0) is 9.80. The molecule has 0 radical (unpaired) electrons. The Morgan fingerprint density at radius 3 is 2.57 bits per heavy atom. The van der Waals surface area contributed by atoms with Crippen molar-refractivity contribution in [2.45, 2.75) is 13.5 Å². The van der Waals surface area contributed by atoms with Crippen LogP contribution in [0.25, 0.3) is 0 Å². The Hall–Kier alpha value is -1.28. The molecule has 0 atom stereocenters. The number of rotatable bonds is 3. The van der Waals surface area contributed by atoms with Crippen LogP contribution in [0.2, 0.25) is 0 Å². The van der Waals surface area contributed by atoms with Crippen LogP contribution in [0.1, 0.15) is 10.4 Å². The molecule has 0 N–H and O–H groups in total. The average molecular weight is 204 g/mol. The molecule has 1 nitrogen and oxygen atoms in total. The van der Waals surface area contributed by atoms with E-state index in [4.69, 9.17) is 4.74 Å². The van der Waals surface area contributed by atoms with E-state index in [1.54, 1.807) is 11.3 Å². The second-order valence-electron chi connectivity index (χ2n) is 3.18. The Kier molecular flexibility index (Phi) is 2.84. The van der Waals surface area contributed by atoms with Crippen molar-refractivity contribution in [3.63, 3.8) is 0 Å². The van der Waals surface area contributed by atoms with E-state index in [0.29, 0.717) is 6.61 Å². The summed E-state index contributed by atoms with van der Waals surface area (Å²) in [6.07, 6.45) is 0. The molecule has 14 heavy (non-hydrogen) atoms. The topological polar surface area (TPSA) is 9.23 Å². The van der Waals surface area contributed by atoms with Crippen LogP contribution >= 0.6 is 11.3 Å². The fourth-order valence-corrected chi connectivity index (χ4v) is 1.80. The summed E-state index contributed by atoms with van der Waals surface area (Å²) in [4.78, 5) is 1.26. The molecular weight excluding hydrogens is 192 g/mol. The third-order valence-electron chi connectivity index (χ3n) is 1.98. The number of thiophene rings is 1. The molecule has 0 aliphatic carbocycles. The van der Waals surface area contributed by atoms with E-state index in [-0.39, 0.29) is 0 Å². The molecule has 2 heteroatoms. The van der Waals surface area contributed by atoms with E-state index in [1.807, 2.05) is 18.2 Å². The van der Waals surface area contributed by atoms with Crippen molar-refractivity contribution in [2.75, 3.05) is 0 Å². The lowest BCUT2D eigenvalue weighted by atomic mass is 10.2. The summed E-state index contributed by atoms with van der Waals surface area (Å²) in [6, 6.07) is 12.2. The molecule has 0 unspecified atom stereocenters. The predicted octanol–water partition coefficient (Wildman–Crippen LogP) is 3.64. The highest BCUT2D eigenvalue weighted by molar-refractivity contribution is 7.09. The van der Waals surface area contributed by atoms with Crippen molar-refractivity contribution >= 4 is 11.3 Å². The van der Waals surface area contributed by atoms with E-state index in [2.05, 4.69) is 30.5 Å². The van der Waals surface area contributed by atoms with Crippen LogP contribution in [0.4, 0.5) is 0 Å². The first-order chi connectivity index (χ1) is 6.84. The fourth-order valence-electron chi connectivity index (χ4n) is 1.18. The first kappa shape index (κ1) is 9.28. The first-order valence-corrected chi connectivity index (χ1v) is 5.44. The minimum Gasteiger partial charge on any atom is -0.488 e. The Morgan fingerprint density at radius 1 is 1.14 bits per heavy atom. The van der Waals surface area contributed by atoms with Crippen LogP contribution in [0.15, 0.2) is 41.8 Å². The lowest BCUT2D eigenvalue weighted by Gasteiger charge is -2.04. The Labute approximate surface area is 88.0 Å². The molecule has 1 heterocycles. The standard InChI is InChI=1S/C12H12OS/c1-10-4-6-11(7-5-10)13-9-12-3-2-8-14-12/h2-8H,9H2,1H3. The van der Waals surface area contributed by atoms with Gasteiger partial charge in [0.15, 0.2) is 0 Å². The van der Waals surface area contributed by atoms with E-state index in [0.717, 1.165) is 5.75 Å². The molecule has 0 saturated carbocycles. The molecule has 0 amide bonds. The van der Waals surface area contributed by atoms with Crippen LogP contribution in [0, 0.1) is 6.92 Å². The molecule has 0 aliphatic heterocycles. The summed E-state index contributed by atoms with van der Waals surface area (Å²) in [5, 5.41) is 2.06. The highest BCUT2D eigenvalue weighted by Gasteiger charge is 1.95. The van der Waals surface area contributed by atoms with E-state index < -0.39 is 0 Å². The van der Waals surface area contributed by atoms with Gasteiger partial charge in [-0.15, -0.1) is 11.3 Å². The summed E-state index contributed by atoms with van der Waals surface area (Å²) in [7, 11) is 0. The van der Waals surface area contributed by atoms with Gasteiger partial charge in [0.25, 0.3) is 0 Å². The molecule has 0 saturated heterocycles. The van der Waals surface area contributed by atoms with Gasteiger partial charge in [-0.25, -0.2) is 0 Å². The molecule has 0 aliphatic rings. The normalized spacial score (nSPS) is 10.1. The maximum Gasteiger partial charge on any atom is 0.122 e. The second kappa shape index (κ2) is 4.29. The van der Waals surface area contributed by atoms with Gasteiger partial charge in [0.1, 0.15) is 12.4 Å². The monoisotopic (exact) mass is 204 g/mol. The van der Waals surface area contributed by atoms with Crippen molar-refractivity contribution < 1.29 is 4.74 Å². The zero-order valence-corrected chi connectivity index (χ0v) is 8.88. The molecule has 1 aromatic carbocycles. The predicted molar refractivity (Wildman–Crippen MR) is 59.8 cm³/mol. The Bertz CT molecular complexity index is 375. The zero-order valence-electron chi connectivity index (χ0n) is 8.07. The number of ether oxygens (including phenoxy) is 1. The molecule has 0 fully saturated rings. The van der Waals surface area contributed by atoms with E-state index in [1.165, 1.54) is 10.4 Å². The Balaban J connectivity index is 1.95. The van der Waals surface area contributed by atoms with Gasteiger partial charge in [-0.3, -0.25) is 0 Å². The number of aryl methyl sites for hydroxylation is 1. The summed E-state index contributed by atoms with van der Waals surface area (Å²) in [5.41, 5.74) is 1.26. The third kappa shape index (κ3) is 2.36. The third-order valence-corrected chi connectivity index (χ3v) is 2.83. The molecule has 72 valence electrons. The quantitative estimate of drug-likeness (QED) is 0.741. The van der Waals surface area contributed by atoms with Gasteiger partial charge >= 0.3 is 0 Å². The van der Waals surface area contributed by atoms with Crippen molar-refractivity contribution in [3.05, 3.63) is 52.2 Å². The summed E-state index contributed by atoms with van der Waals surface area (Å²) in [6.45, 7) is 2.74. The highest BCUT2D eigenvalue weighted by atomic mass is 32.1. The minimum atomic E-state index is 0.667. The van der Waals surface area contributed by atoms with Crippen LogP contribution in [0.3, 0.4) is 0 Å². The summed E-state index contributed by atoms with van der Waals surface area (Å²) >= 11 is 1.72. The first-order valence-electron chi connectivity index (χ1n) is 4.56. The van der Waals surface area contributed by atoms with Crippen molar-refractivity contribution in [2.24, 2.45) is 0 Å². The highest BCUT2D eigenvalue weighted by Crippen LogP contribution is 2.15. The molecule has 0 spiro atoms. The van der Waals surface area contributed by atoms with Crippen molar-refractivity contribution in [1.29, 1.82) is 0 Å². The van der Waals surface area contributed by atoms with Gasteiger partial charge in [0.05, 0.1) is 0 Å². The number of hydrogen-bond acceptors (Lipinski definition) is 2. The number of benzene rings is 1. The molecule has 2 rings (SSSR count). The van der Waals surface area contributed by atoms with E-state index in [9.17, 15) is 0 Å². The van der Waals surface area contributed by atoms with Gasteiger partial charge in [0.2, 0.25) is 0 Å². The second-order valence-corrected chi connectivity index (χ2v) is 4.21. The molecular formula is C12H12OS. The largest absolute Gasteiger partial charge is 0.488 e. The van der Waals surface area contributed by atoms with Crippen molar-refractivity contribution in [3.8, 4) is 5.75 Å². The maximum atomic E-state index is 5.62. The average Bonchev–Trinajstić information content (AvgIpc) is 2.70. The van der Waals surface area contributed by atoms with Gasteiger partial charge < -0.3 is 4.74 Å². The lowest BCUT2D eigenvalue weighted by Crippen LogP contribution is -1.92. The van der Waals surface area contributed by atoms with Gasteiger partial charge in [-0.2, -0.15) is 0 Å². The van der Waals surface area contributed by atoms with Crippen LogP contribution < -0.4 is 4.74 Å². The lowest BCUT2D eigenvalue weighted by molar-refractivity contribution is 0.310.